The number of rotatable bonds is 4. The first-order chi connectivity index (χ1) is 8.28. The quantitative estimate of drug-likeness (QED) is 0.812. The molecule has 1 aromatic heterocycles. The van der Waals surface area contributed by atoms with Crippen molar-refractivity contribution in [2.75, 3.05) is 7.11 Å². The van der Waals surface area contributed by atoms with E-state index in [-0.39, 0.29) is 0 Å². The van der Waals surface area contributed by atoms with E-state index in [0.717, 1.165) is 10.2 Å². The Balaban J connectivity index is 2.02. The highest BCUT2D eigenvalue weighted by Crippen LogP contribution is 2.21. The maximum atomic E-state index is 4.99. The van der Waals surface area contributed by atoms with Crippen molar-refractivity contribution in [2.24, 2.45) is 0 Å². The molecule has 1 aromatic carbocycles. The number of methoxy groups -OCH3 is 1. The summed E-state index contributed by atoms with van der Waals surface area (Å²) in [5.74, 6) is 1.28. The predicted octanol–water partition coefficient (Wildman–Crippen LogP) is 2.94. The smallest absolute Gasteiger partial charge is 0.236 e. The van der Waals surface area contributed by atoms with E-state index in [4.69, 9.17) is 4.74 Å². The van der Waals surface area contributed by atoms with Crippen molar-refractivity contribution in [3.63, 3.8) is 0 Å². The Labute approximate surface area is 112 Å². The van der Waals surface area contributed by atoms with Crippen molar-refractivity contribution in [3.8, 4) is 5.88 Å². The number of benzene rings is 1. The summed E-state index contributed by atoms with van der Waals surface area (Å²) >= 11 is 4.96. The zero-order valence-electron chi connectivity index (χ0n) is 9.13. The molecule has 0 N–H and O–H groups in total. The average Bonchev–Trinajstić information content (AvgIpc) is 2.37. The highest BCUT2D eigenvalue weighted by Gasteiger charge is 2.02. The number of ether oxygens (including phenoxy) is 1. The average molecular weight is 312 g/mol. The summed E-state index contributed by atoms with van der Waals surface area (Å²) in [6.07, 6.45) is 1.49. The molecular formula is C11H10BrN3OS. The van der Waals surface area contributed by atoms with Gasteiger partial charge in [-0.15, -0.1) is 5.10 Å². The van der Waals surface area contributed by atoms with E-state index in [1.165, 1.54) is 23.5 Å². The second-order valence-corrected chi connectivity index (χ2v) is 5.06. The van der Waals surface area contributed by atoms with Gasteiger partial charge in [-0.1, -0.05) is 39.8 Å². The van der Waals surface area contributed by atoms with Crippen molar-refractivity contribution in [2.45, 2.75) is 10.9 Å². The van der Waals surface area contributed by atoms with E-state index in [0.29, 0.717) is 11.0 Å². The van der Waals surface area contributed by atoms with Gasteiger partial charge in [0.15, 0.2) is 0 Å². The van der Waals surface area contributed by atoms with Gasteiger partial charge >= 0.3 is 0 Å². The Kier molecular flexibility index (Phi) is 4.33. The van der Waals surface area contributed by atoms with Gasteiger partial charge in [-0.05, 0) is 17.7 Å². The van der Waals surface area contributed by atoms with E-state index < -0.39 is 0 Å². The molecule has 0 fully saturated rings. The summed E-state index contributed by atoms with van der Waals surface area (Å²) in [4.78, 5) is 4.18. The third-order valence-electron chi connectivity index (χ3n) is 1.98. The van der Waals surface area contributed by atoms with E-state index in [1.54, 1.807) is 7.11 Å². The van der Waals surface area contributed by atoms with E-state index >= 15 is 0 Å². The van der Waals surface area contributed by atoms with E-state index in [2.05, 4.69) is 43.2 Å². The molecule has 0 aliphatic carbocycles. The van der Waals surface area contributed by atoms with Gasteiger partial charge in [-0.3, -0.25) is 0 Å². The Hall–Kier alpha value is -1.14. The molecule has 0 unspecified atom stereocenters. The zero-order chi connectivity index (χ0) is 12.1. The first-order valence-electron chi connectivity index (χ1n) is 4.89. The molecule has 1 heterocycles. The predicted molar refractivity (Wildman–Crippen MR) is 70.1 cm³/mol. The number of thioether (sulfide) groups is 1. The van der Waals surface area contributed by atoms with Crippen LogP contribution in [-0.2, 0) is 5.75 Å². The molecule has 6 heteroatoms. The van der Waals surface area contributed by atoms with Crippen LogP contribution in [-0.4, -0.2) is 22.3 Å². The second kappa shape index (κ2) is 5.97. The molecule has 0 saturated heterocycles. The van der Waals surface area contributed by atoms with Gasteiger partial charge in [-0.2, -0.15) is 10.1 Å². The lowest BCUT2D eigenvalue weighted by Gasteiger charge is -2.02. The topological polar surface area (TPSA) is 47.9 Å². The normalized spacial score (nSPS) is 10.2. The van der Waals surface area contributed by atoms with Crippen molar-refractivity contribution < 1.29 is 4.74 Å². The minimum absolute atomic E-state index is 0.483. The van der Waals surface area contributed by atoms with Crippen molar-refractivity contribution in [1.82, 2.24) is 15.2 Å². The number of halogens is 1. The number of nitrogens with zero attached hydrogens (tertiary/aromatic N) is 3. The van der Waals surface area contributed by atoms with Crippen LogP contribution < -0.4 is 4.74 Å². The van der Waals surface area contributed by atoms with Crippen LogP contribution in [0.1, 0.15) is 5.56 Å². The molecule has 0 aliphatic rings. The minimum Gasteiger partial charge on any atom is -0.480 e. The molecule has 0 bridgehead atoms. The lowest BCUT2D eigenvalue weighted by Crippen LogP contribution is -1.94. The summed E-state index contributed by atoms with van der Waals surface area (Å²) in [6.45, 7) is 0. The van der Waals surface area contributed by atoms with Crippen molar-refractivity contribution >= 4 is 27.7 Å². The molecule has 0 radical (unpaired) electrons. The highest BCUT2D eigenvalue weighted by atomic mass is 79.9. The first-order valence-corrected chi connectivity index (χ1v) is 6.67. The molecule has 88 valence electrons. The minimum atomic E-state index is 0.483. The van der Waals surface area contributed by atoms with E-state index in [1.807, 2.05) is 12.1 Å². The lowest BCUT2D eigenvalue weighted by molar-refractivity contribution is 0.388. The monoisotopic (exact) mass is 311 g/mol. The fraction of sp³-hybridized carbons (Fsp3) is 0.182. The number of aromatic nitrogens is 3. The molecule has 4 nitrogen and oxygen atoms in total. The van der Waals surface area contributed by atoms with Crippen LogP contribution in [0.3, 0.4) is 0 Å². The van der Waals surface area contributed by atoms with Gasteiger partial charge in [0.05, 0.1) is 7.11 Å². The molecule has 0 amide bonds. The maximum absolute atomic E-state index is 4.99. The Bertz CT molecular complexity index is 510. The van der Waals surface area contributed by atoms with Crippen LogP contribution in [0.15, 0.2) is 40.1 Å². The molecule has 2 aromatic rings. The Morgan fingerprint density at radius 3 is 3.06 bits per heavy atom. The summed E-state index contributed by atoms with van der Waals surface area (Å²) < 4.78 is 6.06. The summed E-state index contributed by atoms with van der Waals surface area (Å²) in [7, 11) is 1.56. The Morgan fingerprint density at radius 2 is 2.29 bits per heavy atom. The molecule has 0 saturated carbocycles. The fourth-order valence-corrected chi connectivity index (χ4v) is 2.39. The van der Waals surface area contributed by atoms with Crippen LogP contribution in [0.2, 0.25) is 0 Å². The summed E-state index contributed by atoms with van der Waals surface area (Å²) in [5.41, 5.74) is 1.20. The largest absolute Gasteiger partial charge is 0.480 e. The number of hydrogen-bond acceptors (Lipinski definition) is 5. The fourth-order valence-electron chi connectivity index (χ4n) is 1.21. The van der Waals surface area contributed by atoms with Crippen molar-refractivity contribution in [1.29, 1.82) is 0 Å². The lowest BCUT2D eigenvalue weighted by atomic mass is 10.2. The highest BCUT2D eigenvalue weighted by molar-refractivity contribution is 9.10. The molecule has 0 spiro atoms. The van der Waals surface area contributed by atoms with Gasteiger partial charge in [0, 0.05) is 10.2 Å². The summed E-state index contributed by atoms with van der Waals surface area (Å²) in [5, 5.41) is 8.37. The maximum Gasteiger partial charge on any atom is 0.236 e. The number of hydrogen-bond donors (Lipinski definition) is 0. The van der Waals surface area contributed by atoms with E-state index in [9.17, 15) is 0 Å². The van der Waals surface area contributed by atoms with Gasteiger partial charge in [0.25, 0.3) is 0 Å². The second-order valence-electron chi connectivity index (χ2n) is 3.20. The van der Waals surface area contributed by atoms with Crippen LogP contribution in [0.25, 0.3) is 0 Å². The van der Waals surface area contributed by atoms with Gasteiger partial charge in [-0.25, -0.2) is 0 Å². The van der Waals surface area contributed by atoms with Crippen LogP contribution in [0.4, 0.5) is 0 Å². The molecular weight excluding hydrogens is 302 g/mol. The summed E-state index contributed by atoms with van der Waals surface area (Å²) in [6, 6.07) is 8.13. The van der Waals surface area contributed by atoms with Gasteiger partial charge in [0.2, 0.25) is 11.0 Å². The van der Waals surface area contributed by atoms with Crippen molar-refractivity contribution in [3.05, 3.63) is 40.5 Å². The van der Waals surface area contributed by atoms with Gasteiger partial charge in [0.1, 0.15) is 6.20 Å². The van der Waals surface area contributed by atoms with Crippen LogP contribution in [0, 0.1) is 0 Å². The molecule has 0 atom stereocenters. The SMILES string of the molecule is COc1cnnc(SCc2cccc(Br)c2)n1. The van der Waals surface area contributed by atoms with Crippen LogP contribution >= 0.6 is 27.7 Å². The van der Waals surface area contributed by atoms with Gasteiger partial charge < -0.3 is 4.74 Å². The molecule has 0 aliphatic heterocycles. The zero-order valence-corrected chi connectivity index (χ0v) is 11.5. The third-order valence-corrected chi connectivity index (χ3v) is 3.39. The molecule has 17 heavy (non-hydrogen) atoms. The Morgan fingerprint density at radius 1 is 1.41 bits per heavy atom. The standard InChI is InChI=1S/C11H10BrN3OS/c1-16-10-6-13-15-11(14-10)17-7-8-3-2-4-9(12)5-8/h2-6H,7H2,1H3. The molecule has 2 rings (SSSR count). The van der Waals surface area contributed by atoms with Crippen LogP contribution in [0.5, 0.6) is 5.88 Å². The third kappa shape index (κ3) is 3.67. The first kappa shape index (κ1) is 12.3.